The van der Waals surface area contributed by atoms with Gasteiger partial charge < -0.3 is 10.0 Å². The Morgan fingerprint density at radius 2 is 2.17 bits per heavy atom. The van der Waals surface area contributed by atoms with E-state index in [4.69, 9.17) is 11.6 Å². The predicted octanol–water partition coefficient (Wildman–Crippen LogP) is 4.99. The summed E-state index contributed by atoms with van der Waals surface area (Å²) in [5, 5.41) is 2.66. The molecule has 1 amide bonds. The number of halogens is 2. The number of anilines is 2. The molecule has 0 bridgehead atoms. The van der Waals surface area contributed by atoms with Gasteiger partial charge in [-0.15, -0.1) is 0 Å². The number of benzene rings is 1. The van der Waals surface area contributed by atoms with Crippen LogP contribution in [0, 0.1) is 11.7 Å². The Morgan fingerprint density at radius 3 is 2.92 bits per heavy atom. The minimum atomic E-state index is -0.520. The number of amides is 1. The van der Waals surface area contributed by atoms with Crippen LogP contribution in [0.1, 0.15) is 29.6 Å². The first-order chi connectivity index (χ1) is 11.6. The Morgan fingerprint density at radius 1 is 1.33 bits per heavy atom. The SMILES string of the molecule is O=C(Nc1ccc(F)c(Cl)c1)c1ccnc(NSCCC2CC2)c1. The number of carbonyl (C=O) groups excluding carboxylic acids is 1. The van der Waals surface area contributed by atoms with Gasteiger partial charge in [0.25, 0.3) is 5.91 Å². The van der Waals surface area contributed by atoms with Gasteiger partial charge in [0.15, 0.2) is 0 Å². The van der Waals surface area contributed by atoms with Gasteiger partial charge in [0.1, 0.15) is 11.6 Å². The highest BCUT2D eigenvalue weighted by atomic mass is 35.5. The number of pyridine rings is 1. The van der Waals surface area contributed by atoms with E-state index in [1.54, 1.807) is 30.3 Å². The van der Waals surface area contributed by atoms with Gasteiger partial charge in [-0.3, -0.25) is 4.79 Å². The topological polar surface area (TPSA) is 54.0 Å². The molecule has 2 N–H and O–H groups in total. The number of nitrogens with zero attached hydrogens (tertiary/aromatic N) is 1. The second kappa shape index (κ2) is 7.85. The highest BCUT2D eigenvalue weighted by Crippen LogP contribution is 2.33. The Labute approximate surface area is 149 Å². The molecule has 1 aromatic heterocycles. The number of hydrogen-bond acceptors (Lipinski definition) is 4. The minimum Gasteiger partial charge on any atom is -0.322 e. The van der Waals surface area contributed by atoms with Crippen molar-refractivity contribution in [3.05, 3.63) is 52.9 Å². The third-order valence-corrected chi connectivity index (χ3v) is 4.78. The second-order valence-corrected chi connectivity index (χ2v) is 7.00. The number of aromatic nitrogens is 1. The van der Waals surface area contributed by atoms with E-state index >= 15 is 0 Å². The Bertz CT molecular complexity index is 740. The van der Waals surface area contributed by atoms with Crippen LogP contribution in [-0.2, 0) is 0 Å². The summed E-state index contributed by atoms with van der Waals surface area (Å²) in [5.41, 5.74) is 0.910. The van der Waals surface area contributed by atoms with Crippen molar-refractivity contribution in [1.82, 2.24) is 4.98 Å². The van der Waals surface area contributed by atoms with Crippen molar-refractivity contribution in [3.8, 4) is 0 Å². The van der Waals surface area contributed by atoms with Crippen LogP contribution in [0.5, 0.6) is 0 Å². The molecule has 1 aromatic carbocycles. The molecule has 126 valence electrons. The standard InChI is InChI=1S/C17H17ClFN3OS/c18-14-10-13(3-4-15(14)19)21-17(23)12-5-7-20-16(9-12)22-24-8-6-11-1-2-11/h3-5,7,9-11H,1-2,6,8H2,(H,20,22)(H,21,23). The van der Waals surface area contributed by atoms with E-state index in [0.29, 0.717) is 17.1 Å². The van der Waals surface area contributed by atoms with Gasteiger partial charge in [0.2, 0.25) is 0 Å². The molecule has 1 aliphatic rings. The fourth-order valence-electron chi connectivity index (χ4n) is 2.16. The van der Waals surface area contributed by atoms with Crippen LogP contribution in [0.4, 0.5) is 15.9 Å². The van der Waals surface area contributed by atoms with Gasteiger partial charge >= 0.3 is 0 Å². The molecule has 0 aliphatic heterocycles. The Hall–Kier alpha value is -1.79. The Kier molecular flexibility index (Phi) is 5.58. The average Bonchev–Trinajstić information content (AvgIpc) is 3.40. The zero-order valence-electron chi connectivity index (χ0n) is 12.9. The second-order valence-electron chi connectivity index (χ2n) is 5.70. The van der Waals surface area contributed by atoms with E-state index in [2.05, 4.69) is 15.0 Å². The van der Waals surface area contributed by atoms with Gasteiger partial charge in [-0.2, -0.15) is 0 Å². The fourth-order valence-corrected chi connectivity index (χ4v) is 3.16. The third-order valence-electron chi connectivity index (χ3n) is 3.70. The van der Waals surface area contributed by atoms with Crippen molar-refractivity contribution in [2.45, 2.75) is 19.3 Å². The van der Waals surface area contributed by atoms with Crippen LogP contribution in [-0.4, -0.2) is 16.6 Å². The van der Waals surface area contributed by atoms with Crippen molar-refractivity contribution < 1.29 is 9.18 Å². The summed E-state index contributed by atoms with van der Waals surface area (Å²) in [5.74, 6) is 1.74. The Balaban J connectivity index is 1.57. The maximum absolute atomic E-state index is 13.1. The molecule has 0 saturated heterocycles. The summed E-state index contributed by atoms with van der Waals surface area (Å²) in [7, 11) is 0. The highest BCUT2D eigenvalue weighted by molar-refractivity contribution is 8.00. The van der Waals surface area contributed by atoms with Crippen molar-refractivity contribution in [2.24, 2.45) is 5.92 Å². The summed E-state index contributed by atoms with van der Waals surface area (Å²) in [6.07, 6.45) is 5.49. The van der Waals surface area contributed by atoms with Gasteiger partial charge in [0.05, 0.1) is 5.02 Å². The lowest BCUT2D eigenvalue weighted by atomic mass is 10.2. The molecule has 0 unspecified atom stereocenters. The van der Waals surface area contributed by atoms with Gasteiger partial charge in [-0.25, -0.2) is 9.37 Å². The van der Waals surface area contributed by atoms with E-state index in [1.807, 2.05) is 0 Å². The first kappa shape index (κ1) is 17.0. The summed E-state index contributed by atoms with van der Waals surface area (Å²) in [6, 6.07) is 7.37. The zero-order valence-corrected chi connectivity index (χ0v) is 14.5. The minimum absolute atomic E-state index is 0.0306. The summed E-state index contributed by atoms with van der Waals surface area (Å²) in [6.45, 7) is 0. The van der Waals surface area contributed by atoms with Crippen LogP contribution in [0.2, 0.25) is 5.02 Å². The van der Waals surface area contributed by atoms with Crippen LogP contribution in [0.3, 0.4) is 0 Å². The third kappa shape index (κ3) is 4.85. The maximum atomic E-state index is 13.1. The van der Waals surface area contributed by atoms with Crippen molar-refractivity contribution >= 4 is 41.0 Å². The van der Waals surface area contributed by atoms with Crippen LogP contribution >= 0.6 is 23.5 Å². The normalized spacial score (nSPS) is 13.6. The molecule has 2 aromatic rings. The molecule has 0 spiro atoms. The number of hydrogen-bond donors (Lipinski definition) is 2. The van der Waals surface area contributed by atoms with Gasteiger partial charge in [-0.05, 0) is 42.7 Å². The molecule has 1 fully saturated rings. The summed E-state index contributed by atoms with van der Waals surface area (Å²) < 4.78 is 16.3. The smallest absolute Gasteiger partial charge is 0.255 e. The largest absolute Gasteiger partial charge is 0.322 e. The number of nitrogens with one attached hydrogen (secondary N) is 2. The van der Waals surface area contributed by atoms with Crippen molar-refractivity contribution in [3.63, 3.8) is 0 Å². The molecule has 3 rings (SSSR count). The van der Waals surface area contributed by atoms with E-state index in [9.17, 15) is 9.18 Å². The lowest BCUT2D eigenvalue weighted by Gasteiger charge is -2.08. The first-order valence-corrected chi connectivity index (χ1v) is 9.08. The molecule has 1 heterocycles. The van der Waals surface area contributed by atoms with E-state index in [1.165, 1.54) is 37.5 Å². The quantitative estimate of drug-likeness (QED) is 0.536. The van der Waals surface area contributed by atoms with Crippen LogP contribution in [0.15, 0.2) is 36.5 Å². The van der Waals surface area contributed by atoms with Crippen molar-refractivity contribution in [1.29, 1.82) is 0 Å². The van der Waals surface area contributed by atoms with Crippen LogP contribution in [0.25, 0.3) is 0 Å². The molecule has 1 saturated carbocycles. The van der Waals surface area contributed by atoms with Gasteiger partial charge in [0, 0.05) is 23.2 Å². The average molecular weight is 366 g/mol. The molecule has 4 nitrogen and oxygen atoms in total. The molecular formula is C17H17ClFN3OS. The summed E-state index contributed by atoms with van der Waals surface area (Å²) >= 11 is 7.32. The van der Waals surface area contributed by atoms with E-state index < -0.39 is 5.82 Å². The monoisotopic (exact) mass is 365 g/mol. The molecule has 7 heteroatoms. The lowest BCUT2D eigenvalue weighted by Crippen LogP contribution is -2.12. The molecular weight excluding hydrogens is 349 g/mol. The molecule has 0 radical (unpaired) electrons. The maximum Gasteiger partial charge on any atom is 0.255 e. The van der Waals surface area contributed by atoms with Crippen LogP contribution < -0.4 is 10.0 Å². The van der Waals surface area contributed by atoms with E-state index in [0.717, 1.165) is 11.7 Å². The molecule has 0 atom stereocenters. The lowest BCUT2D eigenvalue weighted by molar-refractivity contribution is 0.102. The number of carbonyl (C=O) groups is 1. The fraction of sp³-hybridized carbons (Fsp3) is 0.294. The zero-order chi connectivity index (χ0) is 16.9. The molecule has 1 aliphatic carbocycles. The first-order valence-electron chi connectivity index (χ1n) is 7.72. The summed E-state index contributed by atoms with van der Waals surface area (Å²) in [4.78, 5) is 16.5. The van der Waals surface area contributed by atoms with Gasteiger partial charge in [-0.1, -0.05) is 36.4 Å². The number of rotatable bonds is 7. The highest BCUT2D eigenvalue weighted by Gasteiger charge is 2.20. The predicted molar refractivity (Wildman–Crippen MR) is 97.0 cm³/mol. The van der Waals surface area contributed by atoms with E-state index in [-0.39, 0.29) is 10.9 Å². The molecule has 24 heavy (non-hydrogen) atoms. The van der Waals surface area contributed by atoms with Crippen molar-refractivity contribution in [2.75, 3.05) is 15.8 Å².